The van der Waals surface area contributed by atoms with E-state index >= 15 is 0 Å². The molecule has 2 aliphatic rings. The highest BCUT2D eigenvalue weighted by Gasteiger charge is 2.35. The number of carbonyl (C=O) groups excluding carboxylic acids is 3. The van der Waals surface area contributed by atoms with E-state index in [-0.39, 0.29) is 30.3 Å². The SMILES string of the molecule is CCOc1ccc(CN2C(=O)c3ccccc3C2=O)cc1C(=O)N1CCC(Nc2ccccc2)C1. The lowest BCUT2D eigenvalue weighted by molar-refractivity contribution is 0.0642. The number of fused-ring (bicyclic) bond motifs is 1. The fraction of sp³-hybridized carbons (Fsp3) is 0.250. The van der Waals surface area contributed by atoms with Crippen LogP contribution in [0.25, 0.3) is 0 Å². The van der Waals surface area contributed by atoms with Crippen LogP contribution >= 0.6 is 0 Å². The van der Waals surface area contributed by atoms with Crippen LogP contribution in [0.1, 0.15) is 50.0 Å². The van der Waals surface area contributed by atoms with Gasteiger partial charge in [-0.2, -0.15) is 0 Å². The average molecular weight is 470 g/mol. The largest absolute Gasteiger partial charge is 0.493 e. The van der Waals surface area contributed by atoms with Crippen molar-refractivity contribution < 1.29 is 19.1 Å². The lowest BCUT2D eigenvalue weighted by Gasteiger charge is -2.21. The number of rotatable bonds is 7. The van der Waals surface area contributed by atoms with E-state index in [1.54, 1.807) is 42.5 Å². The predicted octanol–water partition coefficient (Wildman–Crippen LogP) is 4.21. The molecule has 1 saturated heterocycles. The molecule has 0 saturated carbocycles. The van der Waals surface area contributed by atoms with Gasteiger partial charge in [0.25, 0.3) is 17.7 Å². The summed E-state index contributed by atoms with van der Waals surface area (Å²) in [5.74, 6) is -0.249. The maximum Gasteiger partial charge on any atom is 0.261 e. The number of ether oxygens (including phenoxy) is 1. The average Bonchev–Trinajstić information content (AvgIpc) is 3.44. The summed E-state index contributed by atoms with van der Waals surface area (Å²) in [7, 11) is 0. The number of hydrogen-bond acceptors (Lipinski definition) is 5. The van der Waals surface area contributed by atoms with Crippen molar-refractivity contribution in [3.63, 3.8) is 0 Å². The van der Waals surface area contributed by atoms with Crippen molar-refractivity contribution in [2.24, 2.45) is 0 Å². The van der Waals surface area contributed by atoms with Crippen molar-refractivity contribution in [2.45, 2.75) is 25.9 Å². The first kappa shape index (κ1) is 22.7. The molecule has 0 radical (unpaired) electrons. The van der Waals surface area contributed by atoms with Crippen molar-refractivity contribution in [3.05, 3.63) is 95.1 Å². The van der Waals surface area contributed by atoms with Gasteiger partial charge in [-0.1, -0.05) is 36.4 Å². The number of hydrogen-bond donors (Lipinski definition) is 1. The van der Waals surface area contributed by atoms with E-state index in [2.05, 4.69) is 5.32 Å². The Balaban J connectivity index is 1.34. The molecule has 0 aliphatic carbocycles. The molecule has 1 atom stereocenters. The van der Waals surface area contributed by atoms with Crippen LogP contribution in [-0.4, -0.2) is 53.3 Å². The van der Waals surface area contributed by atoms with Crippen molar-refractivity contribution >= 4 is 23.4 Å². The van der Waals surface area contributed by atoms with E-state index in [0.717, 1.165) is 12.1 Å². The Bertz CT molecular complexity index is 1240. The zero-order valence-electron chi connectivity index (χ0n) is 19.6. The third-order valence-electron chi connectivity index (χ3n) is 6.41. The first-order chi connectivity index (χ1) is 17.0. The van der Waals surface area contributed by atoms with Crippen LogP contribution in [0.4, 0.5) is 5.69 Å². The van der Waals surface area contributed by atoms with Gasteiger partial charge in [0.1, 0.15) is 5.75 Å². The topological polar surface area (TPSA) is 79.0 Å². The Morgan fingerprint density at radius 2 is 1.66 bits per heavy atom. The van der Waals surface area contributed by atoms with Gasteiger partial charge < -0.3 is 15.0 Å². The van der Waals surface area contributed by atoms with Gasteiger partial charge in [0.15, 0.2) is 0 Å². The molecule has 0 aromatic heterocycles. The van der Waals surface area contributed by atoms with Gasteiger partial charge in [-0.3, -0.25) is 19.3 Å². The molecule has 1 N–H and O–H groups in total. The molecule has 5 rings (SSSR count). The maximum absolute atomic E-state index is 13.5. The zero-order valence-corrected chi connectivity index (χ0v) is 19.6. The summed E-state index contributed by atoms with van der Waals surface area (Å²) in [6, 6.07) is 22.2. The lowest BCUT2D eigenvalue weighted by Crippen LogP contribution is -2.32. The van der Waals surface area contributed by atoms with Crippen LogP contribution in [-0.2, 0) is 6.54 Å². The number of nitrogens with one attached hydrogen (secondary N) is 1. The molecule has 2 aliphatic heterocycles. The minimum Gasteiger partial charge on any atom is -0.493 e. The standard InChI is InChI=1S/C28H27N3O4/c1-2-35-25-13-12-19(17-31-27(33)22-10-6-7-11-23(22)28(31)34)16-24(25)26(32)30-15-14-21(18-30)29-20-8-4-3-5-9-20/h3-13,16,21,29H,2,14-15,17-18H2,1H3. The first-order valence-electron chi connectivity index (χ1n) is 11.9. The van der Waals surface area contributed by atoms with E-state index < -0.39 is 0 Å². The van der Waals surface area contributed by atoms with Gasteiger partial charge >= 0.3 is 0 Å². The Hall–Kier alpha value is -4.13. The second kappa shape index (κ2) is 9.62. The van der Waals surface area contributed by atoms with Gasteiger partial charge in [0.2, 0.25) is 0 Å². The number of amides is 3. The highest BCUT2D eigenvalue weighted by Crippen LogP contribution is 2.28. The van der Waals surface area contributed by atoms with Gasteiger partial charge in [-0.05, 0) is 55.3 Å². The number of likely N-dealkylation sites (tertiary alicyclic amines) is 1. The van der Waals surface area contributed by atoms with Crippen molar-refractivity contribution in [1.29, 1.82) is 0 Å². The Morgan fingerprint density at radius 1 is 0.971 bits per heavy atom. The predicted molar refractivity (Wildman–Crippen MR) is 133 cm³/mol. The molecule has 0 spiro atoms. The number of para-hydroxylation sites is 1. The van der Waals surface area contributed by atoms with Crippen LogP contribution in [0, 0.1) is 0 Å². The van der Waals surface area contributed by atoms with E-state index in [1.165, 1.54) is 4.90 Å². The van der Waals surface area contributed by atoms with Crippen LogP contribution in [0.2, 0.25) is 0 Å². The molecule has 0 bridgehead atoms. The Kier molecular flexibility index (Phi) is 6.23. The normalized spacial score (nSPS) is 17.0. The lowest BCUT2D eigenvalue weighted by atomic mass is 10.1. The molecule has 3 aromatic rings. The summed E-state index contributed by atoms with van der Waals surface area (Å²) >= 11 is 0. The van der Waals surface area contributed by atoms with Gasteiger partial charge in [-0.15, -0.1) is 0 Å². The van der Waals surface area contributed by atoms with E-state index in [4.69, 9.17) is 4.74 Å². The molecule has 3 aromatic carbocycles. The smallest absolute Gasteiger partial charge is 0.261 e. The monoisotopic (exact) mass is 469 g/mol. The minimum absolute atomic E-state index is 0.0945. The summed E-state index contributed by atoms with van der Waals surface area (Å²) in [6.07, 6.45) is 0.847. The second-order valence-corrected chi connectivity index (χ2v) is 8.75. The van der Waals surface area contributed by atoms with E-state index in [9.17, 15) is 14.4 Å². The van der Waals surface area contributed by atoms with Gasteiger partial charge in [-0.25, -0.2) is 0 Å². The Morgan fingerprint density at radius 3 is 2.34 bits per heavy atom. The molecular formula is C28H27N3O4. The number of carbonyl (C=O) groups is 3. The van der Waals surface area contributed by atoms with Crippen molar-refractivity contribution in [2.75, 3.05) is 25.0 Å². The molecule has 1 unspecified atom stereocenters. The fourth-order valence-corrected chi connectivity index (χ4v) is 4.69. The highest BCUT2D eigenvalue weighted by atomic mass is 16.5. The molecule has 2 heterocycles. The first-order valence-corrected chi connectivity index (χ1v) is 11.9. The summed E-state index contributed by atoms with van der Waals surface area (Å²) in [4.78, 5) is 42.1. The van der Waals surface area contributed by atoms with Crippen molar-refractivity contribution in [3.8, 4) is 5.75 Å². The molecular weight excluding hydrogens is 442 g/mol. The highest BCUT2D eigenvalue weighted by molar-refractivity contribution is 6.21. The number of nitrogens with zero attached hydrogens (tertiary/aromatic N) is 2. The van der Waals surface area contributed by atoms with Gasteiger partial charge in [0, 0.05) is 24.8 Å². The number of imide groups is 1. The van der Waals surface area contributed by atoms with Gasteiger partial charge in [0.05, 0.1) is 29.8 Å². The molecule has 1 fully saturated rings. The minimum atomic E-state index is -0.318. The number of benzene rings is 3. The molecule has 3 amide bonds. The third-order valence-corrected chi connectivity index (χ3v) is 6.41. The maximum atomic E-state index is 13.5. The third kappa shape index (κ3) is 4.49. The quantitative estimate of drug-likeness (QED) is 0.525. The van der Waals surface area contributed by atoms with E-state index in [0.29, 0.717) is 47.7 Å². The summed E-state index contributed by atoms with van der Waals surface area (Å²) < 4.78 is 5.75. The molecule has 7 nitrogen and oxygen atoms in total. The second-order valence-electron chi connectivity index (χ2n) is 8.75. The van der Waals surface area contributed by atoms with E-state index in [1.807, 2.05) is 42.2 Å². The van der Waals surface area contributed by atoms with Crippen LogP contribution in [0.3, 0.4) is 0 Å². The van der Waals surface area contributed by atoms with Crippen LogP contribution in [0.5, 0.6) is 5.75 Å². The summed E-state index contributed by atoms with van der Waals surface area (Å²) in [6.45, 7) is 3.61. The molecule has 35 heavy (non-hydrogen) atoms. The molecule has 7 heteroatoms. The van der Waals surface area contributed by atoms with Crippen LogP contribution in [0.15, 0.2) is 72.8 Å². The summed E-state index contributed by atoms with van der Waals surface area (Å²) in [5, 5.41) is 3.49. The fourth-order valence-electron chi connectivity index (χ4n) is 4.69. The Labute approximate surface area is 204 Å². The zero-order chi connectivity index (χ0) is 24.4. The van der Waals surface area contributed by atoms with Crippen LogP contribution < -0.4 is 10.1 Å². The number of anilines is 1. The van der Waals surface area contributed by atoms with Crippen molar-refractivity contribution in [1.82, 2.24) is 9.80 Å². The summed E-state index contributed by atoms with van der Waals surface area (Å²) in [5.41, 5.74) is 3.00. The molecule has 178 valence electrons.